The van der Waals surface area contributed by atoms with Crippen molar-refractivity contribution >= 4 is 0 Å². The number of hydrogen-bond acceptors (Lipinski definition) is 2. The Morgan fingerprint density at radius 2 is 1.94 bits per heavy atom. The molecule has 0 aliphatic heterocycles. The van der Waals surface area contributed by atoms with Crippen molar-refractivity contribution in [2.24, 2.45) is 5.73 Å². The van der Waals surface area contributed by atoms with Gasteiger partial charge in [-0.3, -0.25) is 4.68 Å². The van der Waals surface area contributed by atoms with Crippen molar-refractivity contribution in [2.45, 2.75) is 77.8 Å². The van der Waals surface area contributed by atoms with E-state index >= 15 is 0 Å². The Labute approximate surface area is 111 Å². The average Bonchev–Trinajstić information content (AvgIpc) is 2.67. The van der Waals surface area contributed by atoms with Gasteiger partial charge >= 0.3 is 0 Å². The molecule has 1 aliphatic carbocycles. The maximum Gasteiger partial charge on any atom is 0.0629 e. The number of aromatic nitrogens is 2. The van der Waals surface area contributed by atoms with E-state index in [1.165, 1.54) is 49.1 Å². The molecule has 1 fully saturated rings. The van der Waals surface area contributed by atoms with E-state index < -0.39 is 0 Å². The summed E-state index contributed by atoms with van der Waals surface area (Å²) in [6, 6.07) is 0.899. The molecule has 1 aromatic rings. The van der Waals surface area contributed by atoms with Gasteiger partial charge in [0.05, 0.1) is 11.7 Å². The van der Waals surface area contributed by atoms with Gasteiger partial charge in [-0.05, 0) is 45.1 Å². The van der Waals surface area contributed by atoms with Crippen LogP contribution in [0, 0.1) is 13.8 Å². The van der Waals surface area contributed by atoms with Crippen LogP contribution in [-0.4, -0.2) is 15.8 Å². The molecular formula is C15H27N3. The lowest BCUT2D eigenvalue weighted by molar-refractivity contribution is 0.323. The van der Waals surface area contributed by atoms with Crippen LogP contribution in [0.4, 0.5) is 0 Å². The highest BCUT2D eigenvalue weighted by Crippen LogP contribution is 2.30. The van der Waals surface area contributed by atoms with Crippen molar-refractivity contribution in [3.63, 3.8) is 0 Å². The van der Waals surface area contributed by atoms with Crippen LogP contribution < -0.4 is 5.73 Å². The first-order chi connectivity index (χ1) is 8.63. The van der Waals surface area contributed by atoms with Gasteiger partial charge in [-0.15, -0.1) is 0 Å². The molecule has 2 N–H and O–H groups in total. The highest BCUT2D eigenvalue weighted by atomic mass is 15.3. The molecule has 0 amide bonds. The van der Waals surface area contributed by atoms with E-state index in [0.29, 0.717) is 6.04 Å². The zero-order chi connectivity index (χ0) is 13.1. The normalized spacial score (nSPS) is 19.1. The van der Waals surface area contributed by atoms with Crippen molar-refractivity contribution < 1.29 is 0 Å². The van der Waals surface area contributed by atoms with Gasteiger partial charge in [0.1, 0.15) is 0 Å². The van der Waals surface area contributed by atoms with Crippen LogP contribution in [0.2, 0.25) is 0 Å². The third kappa shape index (κ3) is 2.77. The highest BCUT2D eigenvalue weighted by molar-refractivity contribution is 5.26. The molecule has 0 spiro atoms. The van der Waals surface area contributed by atoms with Crippen molar-refractivity contribution in [3.05, 3.63) is 17.0 Å². The Morgan fingerprint density at radius 1 is 1.28 bits per heavy atom. The number of hydrogen-bond donors (Lipinski definition) is 1. The summed E-state index contributed by atoms with van der Waals surface area (Å²) < 4.78 is 2.28. The summed E-state index contributed by atoms with van der Waals surface area (Å²) in [6.07, 6.45) is 8.69. The second-order valence-corrected chi connectivity index (χ2v) is 5.76. The van der Waals surface area contributed by atoms with Crippen LogP contribution in [0.5, 0.6) is 0 Å². The monoisotopic (exact) mass is 249 g/mol. The Hall–Kier alpha value is -0.830. The fourth-order valence-electron chi connectivity index (χ4n) is 3.08. The molecule has 0 saturated heterocycles. The first-order valence-corrected chi connectivity index (χ1v) is 7.43. The molecule has 0 bridgehead atoms. The molecule has 0 radical (unpaired) electrons. The van der Waals surface area contributed by atoms with Crippen molar-refractivity contribution in [2.75, 3.05) is 0 Å². The molecule has 3 nitrogen and oxygen atoms in total. The second-order valence-electron chi connectivity index (χ2n) is 5.76. The summed E-state index contributed by atoms with van der Waals surface area (Å²) in [6.45, 7) is 6.50. The van der Waals surface area contributed by atoms with Gasteiger partial charge in [-0.2, -0.15) is 5.10 Å². The molecule has 2 rings (SSSR count). The standard InChI is InChI=1S/C15H27N3/c1-4-13(16)10-15-11(2)17-18(12(15)3)14-8-6-5-7-9-14/h13-14H,4-10,16H2,1-3H3. The highest BCUT2D eigenvalue weighted by Gasteiger charge is 2.21. The third-order valence-corrected chi connectivity index (χ3v) is 4.39. The van der Waals surface area contributed by atoms with Gasteiger partial charge < -0.3 is 5.73 Å². The fourth-order valence-corrected chi connectivity index (χ4v) is 3.08. The minimum atomic E-state index is 0.270. The lowest BCUT2D eigenvalue weighted by Crippen LogP contribution is -2.22. The molecule has 1 heterocycles. The molecule has 0 aromatic carbocycles. The molecule has 18 heavy (non-hydrogen) atoms. The molecule has 1 unspecified atom stereocenters. The van der Waals surface area contributed by atoms with Gasteiger partial charge in [0.15, 0.2) is 0 Å². The second kappa shape index (κ2) is 5.87. The summed E-state index contributed by atoms with van der Waals surface area (Å²) in [7, 11) is 0. The van der Waals surface area contributed by atoms with E-state index in [-0.39, 0.29) is 6.04 Å². The molecule has 1 aromatic heterocycles. The van der Waals surface area contributed by atoms with E-state index in [9.17, 15) is 0 Å². The van der Waals surface area contributed by atoms with E-state index in [4.69, 9.17) is 10.8 Å². The Balaban J connectivity index is 2.19. The average molecular weight is 249 g/mol. The van der Waals surface area contributed by atoms with Gasteiger partial charge in [-0.25, -0.2) is 0 Å². The molecule has 3 heteroatoms. The summed E-state index contributed by atoms with van der Waals surface area (Å²) in [4.78, 5) is 0. The molecule has 102 valence electrons. The van der Waals surface area contributed by atoms with Crippen molar-refractivity contribution in [1.29, 1.82) is 0 Å². The first kappa shape index (κ1) is 13.6. The molecular weight excluding hydrogens is 222 g/mol. The van der Waals surface area contributed by atoms with E-state index in [1.54, 1.807) is 0 Å². The summed E-state index contributed by atoms with van der Waals surface area (Å²) >= 11 is 0. The van der Waals surface area contributed by atoms with Crippen molar-refractivity contribution in [3.8, 4) is 0 Å². The van der Waals surface area contributed by atoms with Crippen LogP contribution in [0.25, 0.3) is 0 Å². The zero-order valence-electron chi connectivity index (χ0n) is 12.1. The quantitative estimate of drug-likeness (QED) is 0.890. The minimum absolute atomic E-state index is 0.270. The Morgan fingerprint density at radius 3 is 2.56 bits per heavy atom. The Kier molecular flexibility index (Phi) is 4.44. The summed E-state index contributed by atoms with van der Waals surface area (Å²) in [5.74, 6) is 0. The maximum absolute atomic E-state index is 6.09. The topological polar surface area (TPSA) is 43.8 Å². The van der Waals surface area contributed by atoms with Crippen LogP contribution in [-0.2, 0) is 6.42 Å². The first-order valence-electron chi connectivity index (χ1n) is 7.43. The summed E-state index contributed by atoms with van der Waals surface area (Å²) in [5.41, 5.74) is 10.0. The number of aryl methyl sites for hydroxylation is 1. The predicted molar refractivity (Wildman–Crippen MR) is 75.8 cm³/mol. The van der Waals surface area contributed by atoms with Crippen LogP contribution in [0.15, 0.2) is 0 Å². The van der Waals surface area contributed by atoms with Gasteiger partial charge in [0, 0.05) is 11.7 Å². The number of nitrogens with zero attached hydrogens (tertiary/aromatic N) is 2. The maximum atomic E-state index is 6.09. The van der Waals surface area contributed by atoms with Gasteiger partial charge in [0.25, 0.3) is 0 Å². The van der Waals surface area contributed by atoms with E-state index in [2.05, 4.69) is 25.5 Å². The van der Waals surface area contributed by atoms with Crippen molar-refractivity contribution in [1.82, 2.24) is 9.78 Å². The molecule has 1 atom stereocenters. The van der Waals surface area contributed by atoms with E-state index in [0.717, 1.165) is 12.8 Å². The van der Waals surface area contributed by atoms with Crippen LogP contribution in [0.1, 0.15) is 68.4 Å². The lowest BCUT2D eigenvalue weighted by Gasteiger charge is -2.23. The van der Waals surface area contributed by atoms with Gasteiger partial charge in [-0.1, -0.05) is 26.2 Å². The smallest absolute Gasteiger partial charge is 0.0629 e. The summed E-state index contributed by atoms with van der Waals surface area (Å²) in [5, 5.41) is 4.78. The van der Waals surface area contributed by atoms with Gasteiger partial charge in [0.2, 0.25) is 0 Å². The number of nitrogens with two attached hydrogens (primary N) is 1. The molecule has 1 saturated carbocycles. The largest absolute Gasteiger partial charge is 0.327 e. The fraction of sp³-hybridized carbons (Fsp3) is 0.800. The Bertz CT molecular complexity index is 389. The lowest BCUT2D eigenvalue weighted by atomic mass is 9.95. The zero-order valence-corrected chi connectivity index (χ0v) is 12.1. The van der Waals surface area contributed by atoms with Crippen LogP contribution >= 0.6 is 0 Å². The third-order valence-electron chi connectivity index (χ3n) is 4.39. The SMILES string of the molecule is CCC(N)Cc1c(C)nn(C2CCCCC2)c1C. The van der Waals surface area contributed by atoms with E-state index in [1.807, 2.05) is 0 Å². The predicted octanol–water partition coefficient (Wildman–Crippen LogP) is 3.28. The number of rotatable bonds is 4. The van der Waals surface area contributed by atoms with Crippen LogP contribution in [0.3, 0.4) is 0 Å². The molecule has 1 aliphatic rings. The minimum Gasteiger partial charge on any atom is -0.327 e.